The minimum atomic E-state index is -0.191. The van der Waals surface area contributed by atoms with Crippen molar-refractivity contribution in [3.05, 3.63) is 59.8 Å². The van der Waals surface area contributed by atoms with E-state index in [1.54, 1.807) is 41.1 Å². The Labute approximate surface area is 356 Å². The van der Waals surface area contributed by atoms with E-state index in [1.807, 2.05) is 25.3 Å². The lowest BCUT2D eigenvalue weighted by molar-refractivity contribution is -0.125. The van der Waals surface area contributed by atoms with Gasteiger partial charge in [-0.3, -0.25) is 14.4 Å². The highest BCUT2D eigenvalue weighted by Crippen LogP contribution is 2.22. The maximum absolute atomic E-state index is 12.6. The van der Waals surface area contributed by atoms with Crippen molar-refractivity contribution in [1.82, 2.24) is 41.6 Å². The van der Waals surface area contributed by atoms with Crippen LogP contribution >= 0.6 is 11.6 Å². The van der Waals surface area contributed by atoms with Gasteiger partial charge in [0.05, 0.1) is 58.4 Å². The molecule has 0 radical (unpaired) electrons. The minimum absolute atomic E-state index is 0.0220. The van der Waals surface area contributed by atoms with Gasteiger partial charge >= 0.3 is 6.03 Å². The molecule has 1 saturated heterocycles. The Balaban J connectivity index is 0.815. The number of carbonyl (C=O) groups is 4. The van der Waals surface area contributed by atoms with Gasteiger partial charge in [-0.15, -0.1) is 5.10 Å². The van der Waals surface area contributed by atoms with Gasteiger partial charge in [-0.25, -0.2) is 9.48 Å². The van der Waals surface area contributed by atoms with E-state index in [2.05, 4.69) is 36.9 Å². The van der Waals surface area contributed by atoms with Crippen LogP contribution in [0.15, 0.2) is 54.7 Å². The normalized spacial score (nSPS) is 18.6. The summed E-state index contributed by atoms with van der Waals surface area (Å²) in [6.45, 7) is 5.44. The number of halogens is 1. The van der Waals surface area contributed by atoms with E-state index in [9.17, 15) is 19.2 Å². The Morgan fingerprint density at radius 3 is 1.93 bits per heavy atom. The monoisotopic (exact) mass is 854 g/mol. The molecule has 5 rings (SSSR count). The molecule has 0 spiro atoms. The molecule has 0 unspecified atom stereocenters. The molecule has 60 heavy (non-hydrogen) atoms. The molecule has 2 aliphatic rings. The molecule has 17 nitrogen and oxygen atoms in total. The maximum Gasteiger partial charge on any atom is 0.315 e. The Bertz CT molecular complexity index is 1760. The molecule has 1 aliphatic heterocycles. The zero-order valence-electron chi connectivity index (χ0n) is 34.3. The van der Waals surface area contributed by atoms with Gasteiger partial charge in [-0.2, -0.15) is 0 Å². The highest BCUT2D eigenvalue weighted by Gasteiger charge is 2.27. The lowest BCUT2D eigenvalue weighted by Crippen LogP contribution is -2.45. The van der Waals surface area contributed by atoms with Crippen molar-refractivity contribution in [3.63, 3.8) is 0 Å². The first-order chi connectivity index (χ1) is 29.2. The van der Waals surface area contributed by atoms with E-state index in [4.69, 9.17) is 35.3 Å². The molecule has 1 aromatic heterocycles. The lowest BCUT2D eigenvalue weighted by Gasteiger charge is -2.29. The first-order valence-corrected chi connectivity index (χ1v) is 21.3. The summed E-state index contributed by atoms with van der Waals surface area (Å²) in [5.74, 6) is 0.805. The van der Waals surface area contributed by atoms with Gasteiger partial charge in [-0.05, 0) is 94.0 Å². The van der Waals surface area contributed by atoms with Crippen molar-refractivity contribution in [2.24, 2.45) is 0 Å². The van der Waals surface area contributed by atoms with Crippen LogP contribution in [0.2, 0.25) is 5.02 Å². The number of hydrogen-bond donors (Lipinski definition) is 5. The van der Waals surface area contributed by atoms with E-state index in [1.165, 1.54) is 0 Å². The number of aromatic nitrogens is 3. The van der Waals surface area contributed by atoms with Crippen LogP contribution in [0.25, 0.3) is 11.3 Å². The molecule has 18 heteroatoms. The van der Waals surface area contributed by atoms with Crippen LogP contribution < -0.4 is 36.1 Å². The van der Waals surface area contributed by atoms with E-state index in [0.717, 1.165) is 56.9 Å². The lowest BCUT2D eigenvalue weighted by atomic mass is 9.91. The molecular formula is C42H59ClN8O9. The molecule has 3 aromatic rings. The van der Waals surface area contributed by atoms with Crippen molar-refractivity contribution < 1.29 is 42.9 Å². The van der Waals surface area contributed by atoms with Crippen LogP contribution in [0.4, 0.5) is 4.79 Å². The van der Waals surface area contributed by atoms with Crippen LogP contribution in [0.1, 0.15) is 64.7 Å². The fourth-order valence-electron chi connectivity index (χ4n) is 6.85. The third-order valence-corrected chi connectivity index (χ3v) is 10.4. The Hall–Kier alpha value is -4.97. The number of unbranched alkanes of at least 4 members (excludes halogenated alkanes) is 2. The molecule has 5 amide bonds. The highest BCUT2D eigenvalue weighted by molar-refractivity contribution is 6.30. The average Bonchev–Trinajstić information content (AvgIpc) is 3.85. The second-order valence-corrected chi connectivity index (χ2v) is 15.3. The predicted molar refractivity (Wildman–Crippen MR) is 224 cm³/mol. The Morgan fingerprint density at radius 1 is 0.750 bits per heavy atom. The average molecular weight is 855 g/mol. The van der Waals surface area contributed by atoms with Gasteiger partial charge in [0, 0.05) is 41.7 Å². The van der Waals surface area contributed by atoms with Gasteiger partial charge in [0.2, 0.25) is 5.91 Å². The van der Waals surface area contributed by atoms with Crippen LogP contribution in [0.3, 0.4) is 0 Å². The number of benzene rings is 2. The van der Waals surface area contributed by atoms with E-state index < -0.39 is 0 Å². The summed E-state index contributed by atoms with van der Waals surface area (Å²) >= 11 is 5.88. The molecule has 2 atom stereocenters. The fourth-order valence-corrected chi connectivity index (χ4v) is 6.98. The summed E-state index contributed by atoms with van der Waals surface area (Å²) in [4.78, 5) is 48.3. The molecule has 2 fully saturated rings. The fraction of sp³-hybridized carbons (Fsp3) is 0.571. The predicted octanol–water partition coefficient (Wildman–Crippen LogP) is 3.79. The Kier molecular flexibility index (Phi) is 19.7. The molecule has 1 saturated carbocycles. The van der Waals surface area contributed by atoms with E-state index in [-0.39, 0.29) is 61.1 Å². The van der Waals surface area contributed by atoms with Crippen molar-refractivity contribution in [2.75, 3.05) is 59.4 Å². The van der Waals surface area contributed by atoms with Crippen LogP contribution in [0.5, 0.6) is 11.5 Å². The van der Waals surface area contributed by atoms with Gasteiger partial charge in [0.1, 0.15) is 17.2 Å². The number of hydrogen-bond acceptors (Lipinski definition) is 11. The van der Waals surface area contributed by atoms with Gasteiger partial charge in [-0.1, -0.05) is 29.7 Å². The van der Waals surface area contributed by atoms with Crippen LogP contribution in [0, 0.1) is 0 Å². The summed E-state index contributed by atoms with van der Waals surface area (Å²) < 4.78 is 29.7. The number of amides is 5. The summed E-state index contributed by atoms with van der Waals surface area (Å²) in [6.07, 6.45) is 9.05. The van der Waals surface area contributed by atoms with E-state index >= 15 is 0 Å². The third kappa shape index (κ3) is 17.3. The number of rotatable bonds is 27. The number of ether oxygens (including phenoxy) is 5. The number of urea groups is 1. The summed E-state index contributed by atoms with van der Waals surface area (Å²) in [6, 6.07) is 14.5. The molecule has 328 valence electrons. The smallest absolute Gasteiger partial charge is 0.315 e. The van der Waals surface area contributed by atoms with Gasteiger partial charge in [0.25, 0.3) is 11.8 Å². The maximum atomic E-state index is 12.6. The number of nitrogens with zero attached hydrogens (tertiary/aromatic N) is 3. The van der Waals surface area contributed by atoms with Crippen molar-refractivity contribution >= 4 is 35.4 Å². The Morgan fingerprint density at radius 2 is 1.33 bits per heavy atom. The van der Waals surface area contributed by atoms with Crippen LogP contribution in [-0.4, -0.2) is 122 Å². The second-order valence-electron chi connectivity index (χ2n) is 14.9. The molecule has 1 aliphatic carbocycles. The largest absolute Gasteiger partial charge is 0.484 e. The SMILES string of the molecule is C[C@@H]1NC(=O)N[C@@H]1CCCCCC(=O)NCCOCCOCCOCCn1cc(-c2ccc(OCC(=O)NC3CCC(NC(=O)COc4ccc(Cl)cc4)CC3)cc2)nn1. The second kappa shape index (κ2) is 25.6. The summed E-state index contributed by atoms with van der Waals surface area (Å²) in [5.41, 5.74) is 1.57. The highest BCUT2D eigenvalue weighted by atomic mass is 35.5. The first-order valence-electron chi connectivity index (χ1n) is 20.9. The van der Waals surface area contributed by atoms with Gasteiger partial charge in [0.15, 0.2) is 13.2 Å². The topological polar surface area (TPSA) is 205 Å². The van der Waals surface area contributed by atoms with Crippen molar-refractivity contribution in [2.45, 2.75) is 95.4 Å². The zero-order valence-corrected chi connectivity index (χ0v) is 35.1. The first kappa shape index (κ1) is 46.1. The van der Waals surface area contributed by atoms with Crippen molar-refractivity contribution in [1.29, 1.82) is 0 Å². The summed E-state index contributed by atoms with van der Waals surface area (Å²) in [5, 5.41) is 23.7. The quantitative estimate of drug-likeness (QED) is 0.0698. The molecule has 5 N–H and O–H groups in total. The van der Waals surface area contributed by atoms with Gasteiger partial charge < -0.3 is 50.3 Å². The molecule has 0 bridgehead atoms. The van der Waals surface area contributed by atoms with Crippen LogP contribution in [-0.2, 0) is 35.1 Å². The number of nitrogens with one attached hydrogen (secondary N) is 5. The molecular weight excluding hydrogens is 796 g/mol. The zero-order chi connectivity index (χ0) is 42.4. The number of carbonyl (C=O) groups excluding carboxylic acids is 4. The van der Waals surface area contributed by atoms with Crippen molar-refractivity contribution in [3.8, 4) is 22.8 Å². The molecule has 2 aromatic carbocycles. The van der Waals surface area contributed by atoms with E-state index in [0.29, 0.717) is 81.4 Å². The molecule has 2 heterocycles. The third-order valence-electron chi connectivity index (χ3n) is 10.2. The summed E-state index contributed by atoms with van der Waals surface area (Å²) in [7, 11) is 0. The standard InChI is InChI=1S/C42H59ClN8O9/c1-30-37(48-42(55)45-30)5-3-2-4-6-39(52)44-19-21-56-23-25-58-26-24-57-22-20-51-27-38(49-50-51)31-7-15-35(16-8-31)59-28-40(53)46-33-11-13-34(14-12-33)47-41(54)29-60-36-17-9-32(43)10-18-36/h7-10,15-18,27,30,33-34,37H,2-6,11-14,19-26,28-29H2,1H3,(H,44,52)(H,46,53)(H,47,54)(H2,45,48,55)/t30-,33?,34?,37+/m0/s1. The minimum Gasteiger partial charge on any atom is -0.484 e.